The first-order valence-corrected chi connectivity index (χ1v) is 7.25. The topological polar surface area (TPSA) is 35.5 Å². The SMILES string of the molecule is COc1ccc(C(=O)c2cccc(I)c2)c(OC)c1Cl. The Hall–Kier alpha value is -1.27. The summed E-state index contributed by atoms with van der Waals surface area (Å²) in [7, 11) is 2.99. The Kier molecular flexibility index (Phi) is 4.88. The van der Waals surface area contributed by atoms with E-state index in [1.165, 1.54) is 14.2 Å². The van der Waals surface area contributed by atoms with Crippen LogP contribution in [-0.4, -0.2) is 20.0 Å². The minimum absolute atomic E-state index is 0.134. The Labute approximate surface area is 136 Å². The third-order valence-electron chi connectivity index (χ3n) is 2.82. The summed E-state index contributed by atoms with van der Waals surface area (Å²) in [6.07, 6.45) is 0. The third kappa shape index (κ3) is 2.91. The highest BCUT2D eigenvalue weighted by Crippen LogP contribution is 2.37. The van der Waals surface area contributed by atoms with Crippen LogP contribution in [0.2, 0.25) is 5.02 Å². The summed E-state index contributed by atoms with van der Waals surface area (Å²) in [4.78, 5) is 12.5. The quantitative estimate of drug-likeness (QED) is 0.568. The van der Waals surface area contributed by atoms with Gasteiger partial charge in [0, 0.05) is 9.13 Å². The van der Waals surface area contributed by atoms with Gasteiger partial charge in [-0.1, -0.05) is 23.7 Å². The zero-order valence-corrected chi connectivity index (χ0v) is 13.9. The second-order valence-corrected chi connectivity index (χ2v) is 5.63. The van der Waals surface area contributed by atoms with Crippen molar-refractivity contribution in [1.82, 2.24) is 0 Å². The molecule has 0 atom stereocenters. The van der Waals surface area contributed by atoms with Gasteiger partial charge in [0.1, 0.15) is 10.8 Å². The molecule has 2 rings (SSSR count). The van der Waals surface area contributed by atoms with Gasteiger partial charge >= 0.3 is 0 Å². The normalized spacial score (nSPS) is 10.2. The van der Waals surface area contributed by atoms with Gasteiger partial charge in [0.2, 0.25) is 0 Å². The molecule has 2 aromatic rings. The van der Waals surface area contributed by atoms with Crippen LogP contribution in [-0.2, 0) is 0 Å². The molecular weight excluding hydrogens is 391 g/mol. The van der Waals surface area contributed by atoms with Gasteiger partial charge in [-0.05, 0) is 46.9 Å². The number of hydrogen-bond acceptors (Lipinski definition) is 3. The van der Waals surface area contributed by atoms with E-state index in [0.29, 0.717) is 27.6 Å². The largest absolute Gasteiger partial charge is 0.495 e. The van der Waals surface area contributed by atoms with Crippen molar-refractivity contribution in [3.05, 3.63) is 56.1 Å². The number of ether oxygens (including phenoxy) is 2. The number of benzene rings is 2. The lowest BCUT2D eigenvalue weighted by Gasteiger charge is -2.12. The molecule has 0 amide bonds. The highest BCUT2D eigenvalue weighted by atomic mass is 127. The molecular formula is C15H12ClIO3. The smallest absolute Gasteiger partial charge is 0.196 e. The average molecular weight is 403 g/mol. The van der Waals surface area contributed by atoms with Crippen LogP contribution in [0.4, 0.5) is 0 Å². The fourth-order valence-electron chi connectivity index (χ4n) is 1.86. The minimum Gasteiger partial charge on any atom is -0.495 e. The van der Waals surface area contributed by atoms with E-state index in [2.05, 4.69) is 22.6 Å². The van der Waals surface area contributed by atoms with Crippen molar-refractivity contribution in [1.29, 1.82) is 0 Å². The fraction of sp³-hybridized carbons (Fsp3) is 0.133. The van der Waals surface area contributed by atoms with E-state index in [0.717, 1.165) is 3.57 Å². The summed E-state index contributed by atoms with van der Waals surface area (Å²) >= 11 is 8.34. The summed E-state index contributed by atoms with van der Waals surface area (Å²) < 4.78 is 11.4. The maximum atomic E-state index is 12.5. The van der Waals surface area contributed by atoms with Crippen LogP contribution < -0.4 is 9.47 Å². The number of ketones is 1. The first kappa shape index (κ1) is 15.1. The summed E-state index contributed by atoms with van der Waals surface area (Å²) in [6, 6.07) is 10.7. The second kappa shape index (κ2) is 6.45. The van der Waals surface area contributed by atoms with Crippen molar-refractivity contribution >= 4 is 40.0 Å². The molecule has 0 aliphatic heterocycles. The van der Waals surface area contributed by atoms with Crippen molar-refractivity contribution in [3.8, 4) is 11.5 Å². The zero-order valence-electron chi connectivity index (χ0n) is 10.9. The summed E-state index contributed by atoms with van der Waals surface area (Å²) in [5.74, 6) is 0.669. The third-order valence-corrected chi connectivity index (χ3v) is 3.85. The van der Waals surface area contributed by atoms with E-state index >= 15 is 0 Å². The molecule has 0 saturated carbocycles. The van der Waals surface area contributed by atoms with Crippen molar-refractivity contribution in [2.24, 2.45) is 0 Å². The van der Waals surface area contributed by atoms with Crippen LogP contribution in [0.15, 0.2) is 36.4 Å². The Morgan fingerprint density at radius 2 is 1.90 bits per heavy atom. The highest BCUT2D eigenvalue weighted by molar-refractivity contribution is 14.1. The van der Waals surface area contributed by atoms with E-state index < -0.39 is 0 Å². The van der Waals surface area contributed by atoms with Crippen LogP contribution in [0.3, 0.4) is 0 Å². The van der Waals surface area contributed by atoms with E-state index in [-0.39, 0.29) is 5.78 Å². The van der Waals surface area contributed by atoms with E-state index in [1.54, 1.807) is 18.2 Å². The molecule has 3 nitrogen and oxygen atoms in total. The van der Waals surface area contributed by atoms with E-state index in [4.69, 9.17) is 21.1 Å². The molecule has 5 heteroatoms. The molecule has 0 heterocycles. The molecule has 104 valence electrons. The van der Waals surface area contributed by atoms with Gasteiger partial charge in [-0.2, -0.15) is 0 Å². The Morgan fingerprint density at radius 3 is 2.50 bits per heavy atom. The van der Waals surface area contributed by atoms with Crippen molar-refractivity contribution in [2.45, 2.75) is 0 Å². The number of halogens is 2. The average Bonchev–Trinajstić information content (AvgIpc) is 2.46. The monoisotopic (exact) mass is 402 g/mol. The molecule has 0 radical (unpaired) electrons. The Balaban J connectivity index is 2.52. The van der Waals surface area contributed by atoms with Crippen molar-refractivity contribution < 1.29 is 14.3 Å². The molecule has 0 N–H and O–H groups in total. The predicted molar refractivity (Wildman–Crippen MR) is 87.1 cm³/mol. The minimum atomic E-state index is -0.134. The predicted octanol–water partition coefficient (Wildman–Crippen LogP) is 4.19. The number of rotatable bonds is 4. The van der Waals surface area contributed by atoms with Crippen molar-refractivity contribution in [2.75, 3.05) is 14.2 Å². The Bertz CT molecular complexity index is 656. The molecule has 0 aliphatic rings. The molecule has 0 bridgehead atoms. The maximum absolute atomic E-state index is 12.5. The molecule has 0 fully saturated rings. The molecule has 2 aromatic carbocycles. The van der Waals surface area contributed by atoms with Gasteiger partial charge < -0.3 is 9.47 Å². The van der Waals surface area contributed by atoms with Gasteiger partial charge in [0.15, 0.2) is 11.5 Å². The first-order chi connectivity index (χ1) is 9.58. The fourth-order valence-corrected chi connectivity index (χ4v) is 2.72. The van der Waals surface area contributed by atoms with Crippen molar-refractivity contribution in [3.63, 3.8) is 0 Å². The lowest BCUT2D eigenvalue weighted by molar-refractivity contribution is 0.103. The summed E-state index contributed by atoms with van der Waals surface area (Å²) in [5, 5.41) is 0.298. The summed E-state index contributed by atoms with van der Waals surface area (Å²) in [6.45, 7) is 0. The molecule has 0 spiro atoms. The number of carbonyl (C=O) groups excluding carboxylic acids is 1. The van der Waals surface area contributed by atoms with Crippen LogP contribution >= 0.6 is 34.2 Å². The second-order valence-electron chi connectivity index (χ2n) is 4.00. The standard InChI is InChI=1S/C15H12ClIO3/c1-19-12-7-6-11(15(20-2)13(12)16)14(18)9-4-3-5-10(17)8-9/h3-8H,1-2H3. The van der Waals surface area contributed by atoms with Gasteiger partial charge in [-0.3, -0.25) is 4.79 Å². The van der Waals surface area contributed by atoms with Crippen LogP contribution in [0, 0.1) is 3.57 Å². The van der Waals surface area contributed by atoms with Gasteiger partial charge in [-0.15, -0.1) is 0 Å². The van der Waals surface area contributed by atoms with Gasteiger partial charge in [0.25, 0.3) is 0 Å². The highest BCUT2D eigenvalue weighted by Gasteiger charge is 2.19. The van der Waals surface area contributed by atoms with Gasteiger partial charge in [0.05, 0.1) is 19.8 Å². The van der Waals surface area contributed by atoms with E-state index in [9.17, 15) is 4.79 Å². The van der Waals surface area contributed by atoms with Gasteiger partial charge in [-0.25, -0.2) is 0 Å². The first-order valence-electron chi connectivity index (χ1n) is 5.79. The summed E-state index contributed by atoms with van der Waals surface area (Å²) in [5.41, 5.74) is 1.01. The molecule has 0 unspecified atom stereocenters. The lowest BCUT2D eigenvalue weighted by Crippen LogP contribution is -2.05. The van der Waals surface area contributed by atoms with Crippen LogP contribution in [0.1, 0.15) is 15.9 Å². The lowest BCUT2D eigenvalue weighted by atomic mass is 10.0. The van der Waals surface area contributed by atoms with Crippen LogP contribution in [0.5, 0.6) is 11.5 Å². The number of methoxy groups -OCH3 is 2. The molecule has 0 saturated heterocycles. The van der Waals surface area contributed by atoms with Crippen LogP contribution in [0.25, 0.3) is 0 Å². The number of hydrogen-bond donors (Lipinski definition) is 0. The zero-order chi connectivity index (χ0) is 14.7. The Morgan fingerprint density at radius 1 is 1.15 bits per heavy atom. The van der Waals surface area contributed by atoms with E-state index in [1.807, 2.05) is 18.2 Å². The maximum Gasteiger partial charge on any atom is 0.196 e. The molecule has 0 aromatic heterocycles. The molecule has 20 heavy (non-hydrogen) atoms. The molecule has 0 aliphatic carbocycles. The number of carbonyl (C=O) groups is 1.